The predicted octanol–water partition coefficient (Wildman–Crippen LogP) is 5.61. The van der Waals surface area contributed by atoms with Gasteiger partial charge in [-0.1, -0.05) is 25.2 Å². The first kappa shape index (κ1) is 14.6. The third-order valence-corrected chi connectivity index (χ3v) is 6.22. The number of hydrogen-bond donors (Lipinski definition) is 0. The van der Waals surface area contributed by atoms with Crippen molar-refractivity contribution in [2.75, 3.05) is 0 Å². The van der Waals surface area contributed by atoms with Gasteiger partial charge in [0.15, 0.2) is 5.78 Å². The molecule has 1 saturated carbocycles. The fraction of sp³-hybridized carbons (Fsp3) is 0.389. The van der Waals surface area contributed by atoms with Gasteiger partial charge in [-0.15, -0.1) is 28.6 Å². The monoisotopic (exact) mass is 314 g/mol. The topological polar surface area (TPSA) is 17.1 Å². The molecule has 0 bridgehead atoms. The van der Waals surface area contributed by atoms with E-state index in [-0.39, 0.29) is 5.92 Å². The van der Waals surface area contributed by atoms with Crippen molar-refractivity contribution >= 4 is 28.5 Å². The van der Waals surface area contributed by atoms with Crippen LogP contribution in [0.15, 0.2) is 24.3 Å². The molecule has 0 aliphatic heterocycles. The van der Waals surface area contributed by atoms with Gasteiger partial charge in [-0.05, 0) is 44.0 Å². The van der Waals surface area contributed by atoms with Crippen molar-refractivity contribution in [3.63, 3.8) is 0 Å². The Balaban J connectivity index is 1.78. The Morgan fingerprint density at radius 3 is 2.52 bits per heavy atom. The van der Waals surface area contributed by atoms with E-state index in [0.29, 0.717) is 5.78 Å². The maximum atomic E-state index is 12.5. The summed E-state index contributed by atoms with van der Waals surface area (Å²) in [6, 6.07) is 8.24. The number of carbonyl (C=O) groups excluding carboxylic acids is 1. The lowest BCUT2D eigenvalue weighted by Crippen LogP contribution is -2.16. The van der Waals surface area contributed by atoms with Crippen LogP contribution in [0.2, 0.25) is 0 Å². The first-order chi connectivity index (χ1) is 10.3. The lowest BCUT2D eigenvalue weighted by Gasteiger charge is -2.19. The second kappa shape index (κ2) is 6.60. The summed E-state index contributed by atoms with van der Waals surface area (Å²) >= 11 is 3.33. The van der Waals surface area contributed by atoms with Crippen molar-refractivity contribution in [3.05, 3.63) is 34.0 Å². The zero-order chi connectivity index (χ0) is 14.7. The molecule has 0 atom stereocenters. The number of thiophene rings is 2. The molecule has 1 fully saturated rings. The molecule has 108 valence electrons. The standard InChI is InChI=1S/C18H18OS2/c1-2-6-14-9-10-15(20-14)16-11-12-17(21-16)18(19)13-7-4-3-5-8-13/h9-13H,3-5,7-8H2,1H3. The molecule has 21 heavy (non-hydrogen) atoms. The van der Waals surface area contributed by atoms with Gasteiger partial charge in [-0.3, -0.25) is 4.79 Å². The summed E-state index contributed by atoms with van der Waals surface area (Å²) in [6.07, 6.45) is 5.84. The Hall–Kier alpha value is -1.37. The fourth-order valence-electron chi connectivity index (χ4n) is 2.83. The van der Waals surface area contributed by atoms with Gasteiger partial charge in [-0.25, -0.2) is 0 Å². The van der Waals surface area contributed by atoms with Gasteiger partial charge in [0.25, 0.3) is 0 Å². The van der Waals surface area contributed by atoms with E-state index < -0.39 is 0 Å². The lowest BCUT2D eigenvalue weighted by molar-refractivity contribution is 0.0894. The molecule has 1 aliphatic rings. The number of rotatable bonds is 3. The van der Waals surface area contributed by atoms with E-state index in [2.05, 4.69) is 30.0 Å². The smallest absolute Gasteiger partial charge is 0.175 e. The van der Waals surface area contributed by atoms with Crippen molar-refractivity contribution in [3.8, 4) is 21.6 Å². The minimum absolute atomic E-state index is 0.259. The van der Waals surface area contributed by atoms with Crippen LogP contribution < -0.4 is 0 Å². The molecule has 2 heterocycles. The molecular formula is C18H18OS2. The van der Waals surface area contributed by atoms with E-state index in [1.807, 2.05) is 13.0 Å². The van der Waals surface area contributed by atoms with Crippen LogP contribution in [0.3, 0.4) is 0 Å². The molecule has 0 aromatic carbocycles. The quantitative estimate of drug-likeness (QED) is 0.531. The fourth-order valence-corrected chi connectivity index (χ4v) is 4.86. The summed E-state index contributed by atoms with van der Waals surface area (Å²) in [5, 5.41) is 0. The van der Waals surface area contributed by atoms with Crippen molar-refractivity contribution in [1.82, 2.24) is 0 Å². The van der Waals surface area contributed by atoms with E-state index in [9.17, 15) is 4.79 Å². The summed E-state index contributed by atoms with van der Waals surface area (Å²) in [4.78, 5) is 16.9. The average molecular weight is 314 g/mol. The molecule has 0 radical (unpaired) electrons. The van der Waals surface area contributed by atoms with E-state index >= 15 is 0 Å². The molecule has 0 saturated heterocycles. The SMILES string of the molecule is CC#Cc1ccc(-c2ccc(C(=O)C3CCCCC3)s2)s1. The summed E-state index contributed by atoms with van der Waals surface area (Å²) in [5.41, 5.74) is 0. The Labute approximate surface area is 134 Å². The molecule has 0 N–H and O–H groups in total. The predicted molar refractivity (Wildman–Crippen MR) is 91.1 cm³/mol. The van der Waals surface area contributed by atoms with Crippen LogP contribution in [0.1, 0.15) is 53.6 Å². The van der Waals surface area contributed by atoms with Crippen molar-refractivity contribution in [2.24, 2.45) is 5.92 Å². The highest BCUT2D eigenvalue weighted by Crippen LogP contribution is 2.36. The van der Waals surface area contributed by atoms with Crippen LogP contribution in [0.25, 0.3) is 9.75 Å². The average Bonchev–Trinajstić information content (AvgIpc) is 3.16. The number of carbonyl (C=O) groups is 1. The molecule has 3 heteroatoms. The van der Waals surface area contributed by atoms with Gasteiger partial charge in [-0.2, -0.15) is 0 Å². The molecule has 0 spiro atoms. The summed E-state index contributed by atoms with van der Waals surface area (Å²) in [5.74, 6) is 6.63. The Kier molecular flexibility index (Phi) is 4.57. The highest BCUT2D eigenvalue weighted by Gasteiger charge is 2.23. The van der Waals surface area contributed by atoms with Gasteiger partial charge < -0.3 is 0 Å². The number of ketones is 1. The van der Waals surface area contributed by atoms with E-state index in [0.717, 1.165) is 22.6 Å². The van der Waals surface area contributed by atoms with Crippen LogP contribution in [0.4, 0.5) is 0 Å². The van der Waals surface area contributed by atoms with Gasteiger partial charge in [0.05, 0.1) is 9.75 Å². The second-order valence-corrected chi connectivity index (χ2v) is 7.57. The highest BCUT2D eigenvalue weighted by atomic mass is 32.1. The minimum atomic E-state index is 0.259. The molecule has 1 aliphatic carbocycles. The Morgan fingerprint density at radius 2 is 1.76 bits per heavy atom. The van der Waals surface area contributed by atoms with Gasteiger partial charge in [0, 0.05) is 15.7 Å². The van der Waals surface area contributed by atoms with E-state index in [1.54, 1.807) is 22.7 Å². The summed E-state index contributed by atoms with van der Waals surface area (Å²) < 4.78 is 0. The maximum Gasteiger partial charge on any atom is 0.175 e. The molecule has 2 aromatic heterocycles. The van der Waals surface area contributed by atoms with Crippen LogP contribution in [-0.2, 0) is 0 Å². The molecule has 2 aromatic rings. The zero-order valence-corrected chi connectivity index (χ0v) is 13.8. The minimum Gasteiger partial charge on any atom is -0.293 e. The molecular weight excluding hydrogens is 296 g/mol. The normalized spacial score (nSPS) is 15.5. The Morgan fingerprint density at radius 1 is 1.05 bits per heavy atom. The molecule has 0 unspecified atom stereocenters. The zero-order valence-electron chi connectivity index (χ0n) is 12.1. The second-order valence-electron chi connectivity index (χ2n) is 5.40. The summed E-state index contributed by atoms with van der Waals surface area (Å²) in [7, 11) is 0. The Bertz CT molecular complexity index is 690. The van der Waals surface area contributed by atoms with Crippen molar-refractivity contribution < 1.29 is 4.79 Å². The van der Waals surface area contributed by atoms with Crippen LogP contribution in [0.5, 0.6) is 0 Å². The first-order valence-corrected chi connectivity index (χ1v) is 9.08. The van der Waals surface area contributed by atoms with Crippen LogP contribution in [0, 0.1) is 17.8 Å². The summed E-state index contributed by atoms with van der Waals surface area (Å²) in [6.45, 7) is 1.85. The van der Waals surface area contributed by atoms with Gasteiger partial charge >= 0.3 is 0 Å². The van der Waals surface area contributed by atoms with E-state index in [4.69, 9.17) is 0 Å². The van der Waals surface area contributed by atoms with Crippen LogP contribution in [-0.4, -0.2) is 5.78 Å². The third kappa shape index (κ3) is 3.28. The molecule has 0 amide bonds. The van der Waals surface area contributed by atoms with E-state index in [1.165, 1.54) is 29.0 Å². The first-order valence-electron chi connectivity index (χ1n) is 7.45. The van der Waals surface area contributed by atoms with Crippen molar-refractivity contribution in [2.45, 2.75) is 39.0 Å². The third-order valence-electron chi connectivity index (χ3n) is 3.92. The number of hydrogen-bond acceptors (Lipinski definition) is 3. The highest BCUT2D eigenvalue weighted by molar-refractivity contribution is 7.23. The molecule has 1 nitrogen and oxygen atoms in total. The molecule has 3 rings (SSSR count). The number of Topliss-reactive ketones (excluding diaryl/α,β-unsaturated/α-hetero) is 1. The van der Waals surface area contributed by atoms with Crippen molar-refractivity contribution in [1.29, 1.82) is 0 Å². The van der Waals surface area contributed by atoms with Gasteiger partial charge in [0.2, 0.25) is 0 Å². The largest absolute Gasteiger partial charge is 0.293 e. The van der Waals surface area contributed by atoms with Gasteiger partial charge in [0.1, 0.15) is 0 Å². The van der Waals surface area contributed by atoms with Crippen LogP contribution >= 0.6 is 22.7 Å². The maximum absolute atomic E-state index is 12.5. The lowest BCUT2D eigenvalue weighted by atomic mass is 9.86.